The topological polar surface area (TPSA) is 69.1 Å². The molecule has 3 heterocycles. The zero-order valence-corrected chi connectivity index (χ0v) is 12.0. The Labute approximate surface area is 112 Å². The van der Waals surface area contributed by atoms with E-state index >= 15 is 0 Å². The lowest BCUT2D eigenvalue weighted by atomic mass is 10.2. The summed E-state index contributed by atoms with van der Waals surface area (Å²) < 4.78 is 1.83. The molecule has 0 aromatic carbocycles. The number of aromatic nitrogens is 4. The minimum absolute atomic E-state index is 0.310. The van der Waals surface area contributed by atoms with Crippen LogP contribution in [0.15, 0.2) is 6.07 Å². The lowest BCUT2D eigenvalue weighted by Gasteiger charge is -1.97. The van der Waals surface area contributed by atoms with Gasteiger partial charge in [0, 0.05) is 5.92 Å². The molecule has 0 aliphatic carbocycles. The maximum atomic E-state index is 5.83. The number of hydrogen-bond donors (Lipinski definition) is 1. The molecule has 0 saturated carbocycles. The smallest absolute Gasteiger partial charge is 0.235 e. The molecule has 3 aromatic heterocycles. The van der Waals surface area contributed by atoms with Crippen molar-refractivity contribution in [1.29, 1.82) is 0 Å². The number of anilines is 1. The summed E-state index contributed by atoms with van der Waals surface area (Å²) in [5.74, 6) is 1.21. The van der Waals surface area contributed by atoms with E-state index in [0.717, 1.165) is 31.2 Å². The van der Waals surface area contributed by atoms with Gasteiger partial charge >= 0.3 is 0 Å². The Hall–Kier alpha value is -1.47. The third-order valence-electron chi connectivity index (χ3n) is 2.66. The second-order valence-electron chi connectivity index (χ2n) is 4.48. The van der Waals surface area contributed by atoms with Gasteiger partial charge in [-0.25, -0.2) is 0 Å². The average molecular weight is 279 g/mol. The fourth-order valence-corrected chi connectivity index (χ4v) is 3.72. The van der Waals surface area contributed by atoms with Crippen LogP contribution in [0, 0.1) is 6.92 Å². The first kappa shape index (κ1) is 11.6. The molecule has 0 atom stereocenters. The quantitative estimate of drug-likeness (QED) is 0.783. The third-order valence-corrected chi connectivity index (χ3v) is 4.78. The Bertz CT molecular complexity index is 706. The van der Waals surface area contributed by atoms with Crippen LogP contribution in [-0.4, -0.2) is 19.8 Å². The third kappa shape index (κ3) is 1.70. The first-order chi connectivity index (χ1) is 8.56. The highest BCUT2D eigenvalue weighted by atomic mass is 32.1. The van der Waals surface area contributed by atoms with E-state index in [0.29, 0.717) is 5.92 Å². The van der Waals surface area contributed by atoms with E-state index in [-0.39, 0.29) is 0 Å². The zero-order valence-electron chi connectivity index (χ0n) is 10.3. The van der Waals surface area contributed by atoms with Crippen LogP contribution in [-0.2, 0) is 0 Å². The van der Waals surface area contributed by atoms with Crippen molar-refractivity contribution in [3.8, 4) is 9.88 Å². The summed E-state index contributed by atoms with van der Waals surface area (Å²) in [6.45, 7) is 6.22. The molecular formula is C11H13N5S2. The van der Waals surface area contributed by atoms with Crippen LogP contribution >= 0.6 is 22.7 Å². The molecule has 0 spiro atoms. The molecule has 0 unspecified atom stereocenters. The zero-order chi connectivity index (χ0) is 12.9. The van der Waals surface area contributed by atoms with Crippen LogP contribution in [0.2, 0.25) is 0 Å². The number of thiophene rings is 1. The minimum Gasteiger partial charge on any atom is -0.391 e. The van der Waals surface area contributed by atoms with Crippen molar-refractivity contribution in [2.24, 2.45) is 0 Å². The number of fused-ring (bicyclic) bond motifs is 1. The second kappa shape index (κ2) is 4.03. The molecule has 7 heteroatoms. The number of aryl methyl sites for hydroxylation is 1. The van der Waals surface area contributed by atoms with Crippen molar-refractivity contribution in [1.82, 2.24) is 19.8 Å². The van der Waals surface area contributed by atoms with Crippen LogP contribution in [0.4, 0.5) is 5.00 Å². The fraction of sp³-hybridized carbons (Fsp3) is 0.364. The molecule has 18 heavy (non-hydrogen) atoms. The van der Waals surface area contributed by atoms with Gasteiger partial charge in [-0.15, -0.1) is 21.5 Å². The standard InChI is InChI=1S/C11H13N5S2/c1-5(2)9-13-14-11-16(9)15-10(18-11)8-6(3)4-7(12)17-8/h4-5H,12H2,1-3H3. The Kier molecular flexibility index (Phi) is 2.60. The van der Waals surface area contributed by atoms with E-state index in [4.69, 9.17) is 5.73 Å². The lowest BCUT2D eigenvalue weighted by Crippen LogP contribution is -1.97. The molecule has 0 radical (unpaired) electrons. The summed E-state index contributed by atoms with van der Waals surface area (Å²) in [7, 11) is 0. The monoisotopic (exact) mass is 279 g/mol. The predicted octanol–water partition coefficient (Wildman–Crippen LogP) is 2.93. The fourth-order valence-electron chi connectivity index (χ4n) is 1.80. The summed E-state index contributed by atoms with van der Waals surface area (Å²) >= 11 is 3.11. The van der Waals surface area contributed by atoms with Gasteiger partial charge in [-0.1, -0.05) is 25.2 Å². The predicted molar refractivity (Wildman–Crippen MR) is 75.2 cm³/mol. The van der Waals surface area contributed by atoms with Gasteiger partial charge in [0.05, 0.1) is 9.88 Å². The maximum absolute atomic E-state index is 5.83. The molecule has 0 aliphatic rings. The van der Waals surface area contributed by atoms with E-state index in [2.05, 4.69) is 29.1 Å². The van der Waals surface area contributed by atoms with Crippen molar-refractivity contribution in [3.05, 3.63) is 17.5 Å². The van der Waals surface area contributed by atoms with Crippen LogP contribution < -0.4 is 5.73 Å². The normalized spacial score (nSPS) is 11.8. The second-order valence-corrected chi connectivity index (χ2v) is 6.52. The maximum Gasteiger partial charge on any atom is 0.235 e. The molecule has 0 fully saturated rings. The summed E-state index contributed by atoms with van der Waals surface area (Å²) in [5.41, 5.74) is 6.99. The number of rotatable bonds is 2. The van der Waals surface area contributed by atoms with Gasteiger partial charge in [-0.2, -0.15) is 9.61 Å². The Morgan fingerprint density at radius 1 is 1.28 bits per heavy atom. The van der Waals surface area contributed by atoms with Crippen LogP contribution in [0.5, 0.6) is 0 Å². The number of nitrogen functional groups attached to an aromatic ring is 1. The van der Waals surface area contributed by atoms with Gasteiger partial charge < -0.3 is 5.73 Å². The van der Waals surface area contributed by atoms with Gasteiger partial charge in [0.1, 0.15) is 0 Å². The largest absolute Gasteiger partial charge is 0.391 e. The molecular weight excluding hydrogens is 266 g/mol. The highest BCUT2D eigenvalue weighted by molar-refractivity contribution is 7.25. The van der Waals surface area contributed by atoms with E-state index < -0.39 is 0 Å². The van der Waals surface area contributed by atoms with Crippen molar-refractivity contribution in [2.75, 3.05) is 5.73 Å². The number of hydrogen-bond acceptors (Lipinski definition) is 6. The van der Waals surface area contributed by atoms with E-state index in [1.165, 1.54) is 0 Å². The average Bonchev–Trinajstić information content (AvgIpc) is 2.90. The molecule has 3 rings (SSSR count). The van der Waals surface area contributed by atoms with Crippen molar-refractivity contribution < 1.29 is 0 Å². The summed E-state index contributed by atoms with van der Waals surface area (Å²) in [6.07, 6.45) is 0. The first-order valence-corrected chi connectivity index (χ1v) is 7.28. The molecule has 0 amide bonds. The highest BCUT2D eigenvalue weighted by Gasteiger charge is 2.17. The SMILES string of the molecule is Cc1cc(N)sc1-c1nn2c(C(C)C)nnc2s1. The Morgan fingerprint density at radius 3 is 2.67 bits per heavy atom. The van der Waals surface area contributed by atoms with Gasteiger partial charge in [-0.3, -0.25) is 0 Å². The Balaban J connectivity index is 2.17. The van der Waals surface area contributed by atoms with Gasteiger partial charge in [0.25, 0.3) is 0 Å². The molecule has 0 aliphatic heterocycles. The Morgan fingerprint density at radius 2 is 2.06 bits per heavy atom. The summed E-state index contributed by atoms with van der Waals surface area (Å²) in [6, 6.07) is 1.98. The van der Waals surface area contributed by atoms with Crippen LogP contribution in [0.3, 0.4) is 0 Å². The summed E-state index contributed by atoms with van der Waals surface area (Å²) in [5, 5.41) is 14.7. The van der Waals surface area contributed by atoms with E-state index in [1.807, 2.05) is 17.5 Å². The van der Waals surface area contributed by atoms with E-state index in [9.17, 15) is 0 Å². The lowest BCUT2D eigenvalue weighted by molar-refractivity contribution is 0.727. The van der Waals surface area contributed by atoms with Gasteiger partial charge in [-0.05, 0) is 18.6 Å². The van der Waals surface area contributed by atoms with Crippen molar-refractivity contribution >= 4 is 32.6 Å². The molecule has 2 N–H and O–H groups in total. The van der Waals surface area contributed by atoms with E-state index in [1.54, 1.807) is 22.7 Å². The molecule has 5 nitrogen and oxygen atoms in total. The first-order valence-electron chi connectivity index (χ1n) is 5.64. The number of nitrogens with two attached hydrogens (primary N) is 1. The van der Waals surface area contributed by atoms with Crippen LogP contribution in [0.25, 0.3) is 14.8 Å². The van der Waals surface area contributed by atoms with Crippen molar-refractivity contribution in [2.45, 2.75) is 26.7 Å². The van der Waals surface area contributed by atoms with Gasteiger partial charge in [0.2, 0.25) is 4.96 Å². The summed E-state index contributed by atoms with van der Waals surface area (Å²) in [4.78, 5) is 1.96. The van der Waals surface area contributed by atoms with Crippen molar-refractivity contribution in [3.63, 3.8) is 0 Å². The van der Waals surface area contributed by atoms with Gasteiger partial charge in [0.15, 0.2) is 10.8 Å². The van der Waals surface area contributed by atoms with Crippen LogP contribution in [0.1, 0.15) is 31.2 Å². The molecule has 0 bridgehead atoms. The minimum atomic E-state index is 0.310. The molecule has 3 aromatic rings. The number of nitrogens with zero attached hydrogens (tertiary/aromatic N) is 4. The highest BCUT2D eigenvalue weighted by Crippen LogP contribution is 2.36. The molecule has 94 valence electrons. The molecule has 0 saturated heterocycles.